The lowest BCUT2D eigenvalue weighted by molar-refractivity contribution is -0.140. The number of carbonyl (C=O) groups is 1. The molecule has 0 aliphatic carbocycles. The molecular weight excluding hydrogens is 278 g/mol. The zero-order chi connectivity index (χ0) is 15.6. The van der Waals surface area contributed by atoms with E-state index in [2.05, 4.69) is 28.7 Å². The molecule has 1 unspecified atom stereocenters. The fraction of sp³-hybridized carbons (Fsp3) is 0.941. The highest BCUT2D eigenvalue weighted by Crippen LogP contribution is 2.40. The van der Waals surface area contributed by atoms with Crippen molar-refractivity contribution in [1.82, 2.24) is 14.7 Å². The summed E-state index contributed by atoms with van der Waals surface area (Å²) in [6.45, 7) is 9.95. The molecule has 1 atom stereocenters. The Balaban J connectivity index is 1.51. The van der Waals surface area contributed by atoms with Crippen molar-refractivity contribution in [3.63, 3.8) is 0 Å². The van der Waals surface area contributed by atoms with Gasteiger partial charge in [-0.3, -0.25) is 9.69 Å². The summed E-state index contributed by atoms with van der Waals surface area (Å²) in [5.74, 6) is 0.339. The molecule has 3 fully saturated rings. The molecule has 3 rings (SSSR count). The summed E-state index contributed by atoms with van der Waals surface area (Å²) < 4.78 is 5.51. The number of likely N-dealkylation sites (tertiary alicyclic amines) is 1. The van der Waals surface area contributed by atoms with Gasteiger partial charge in [-0.05, 0) is 45.1 Å². The summed E-state index contributed by atoms with van der Waals surface area (Å²) in [5.41, 5.74) is 0.464. The number of carbonyl (C=O) groups excluding carboxylic acids is 1. The number of rotatable bonds is 2. The topological polar surface area (TPSA) is 36.0 Å². The molecule has 0 N–H and O–H groups in total. The molecule has 5 heteroatoms. The predicted octanol–water partition coefficient (Wildman–Crippen LogP) is 1.04. The number of piperazine rings is 1. The zero-order valence-electron chi connectivity index (χ0n) is 14.2. The highest BCUT2D eigenvalue weighted by Gasteiger charge is 2.38. The lowest BCUT2D eigenvalue weighted by atomic mass is 9.72. The zero-order valence-corrected chi connectivity index (χ0v) is 14.2. The van der Waals surface area contributed by atoms with Gasteiger partial charge in [-0.25, -0.2) is 0 Å². The highest BCUT2D eigenvalue weighted by atomic mass is 16.5. The summed E-state index contributed by atoms with van der Waals surface area (Å²) in [6, 6.07) is 0.0393. The van der Waals surface area contributed by atoms with Crippen molar-refractivity contribution in [2.75, 3.05) is 59.5 Å². The second-order valence-electron chi connectivity index (χ2n) is 7.45. The van der Waals surface area contributed by atoms with Crippen molar-refractivity contribution in [2.24, 2.45) is 5.41 Å². The molecule has 0 saturated carbocycles. The fourth-order valence-electron chi connectivity index (χ4n) is 4.14. The van der Waals surface area contributed by atoms with Crippen molar-refractivity contribution in [2.45, 2.75) is 38.6 Å². The van der Waals surface area contributed by atoms with Crippen molar-refractivity contribution >= 4 is 5.91 Å². The van der Waals surface area contributed by atoms with E-state index in [1.165, 1.54) is 12.8 Å². The monoisotopic (exact) mass is 309 g/mol. The van der Waals surface area contributed by atoms with Gasteiger partial charge in [0.05, 0.1) is 6.04 Å². The van der Waals surface area contributed by atoms with Gasteiger partial charge in [0, 0.05) is 52.5 Å². The van der Waals surface area contributed by atoms with Gasteiger partial charge in [0.15, 0.2) is 0 Å². The van der Waals surface area contributed by atoms with Crippen LogP contribution in [0.2, 0.25) is 0 Å². The molecule has 1 amide bonds. The number of hydrogen-bond donors (Lipinski definition) is 0. The first-order valence-electron chi connectivity index (χ1n) is 8.89. The lowest BCUT2D eigenvalue weighted by Crippen LogP contribution is -2.55. The molecule has 3 aliphatic rings. The summed E-state index contributed by atoms with van der Waals surface area (Å²) in [4.78, 5) is 19.6. The minimum atomic E-state index is 0.0393. The van der Waals surface area contributed by atoms with E-state index in [1.807, 2.05) is 0 Å². The van der Waals surface area contributed by atoms with E-state index in [9.17, 15) is 4.79 Å². The quantitative estimate of drug-likeness (QED) is 0.764. The molecule has 1 spiro atoms. The molecule has 3 saturated heterocycles. The molecule has 0 aromatic heterocycles. The Morgan fingerprint density at radius 1 is 0.955 bits per heavy atom. The molecular formula is C17H31N3O2. The normalized spacial score (nSPS) is 28.7. The Bertz CT molecular complexity index is 377. The van der Waals surface area contributed by atoms with Crippen LogP contribution >= 0.6 is 0 Å². The second-order valence-corrected chi connectivity index (χ2v) is 7.45. The van der Waals surface area contributed by atoms with Crippen LogP contribution in [0.1, 0.15) is 32.6 Å². The van der Waals surface area contributed by atoms with E-state index in [4.69, 9.17) is 4.74 Å². The number of ether oxygens (including phenoxy) is 1. The summed E-state index contributed by atoms with van der Waals surface area (Å²) in [5, 5.41) is 0. The van der Waals surface area contributed by atoms with Crippen molar-refractivity contribution in [3.8, 4) is 0 Å². The Kier molecular flexibility index (Phi) is 5.05. The Labute approximate surface area is 134 Å². The average molecular weight is 309 g/mol. The molecule has 0 aromatic carbocycles. The van der Waals surface area contributed by atoms with Crippen LogP contribution in [-0.2, 0) is 9.53 Å². The Hall–Kier alpha value is -0.650. The van der Waals surface area contributed by atoms with Gasteiger partial charge >= 0.3 is 0 Å². The third-order valence-corrected chi connectivity index (χ3v) is 6.13. The Morgan fingerprint density at radius 3 is 2.14 bits per heavy atom. The third kappa shape index (κ3) is 3.47. The SMILES string of the molecule is CC(C(=O)N1CCC2(CCOCC2)CC1)N1CCN(C)CC1. The van der Waals surface area contributed by atoms with Crippen LogP contribution < -0.4 is 0 Å². The molecule has 0 radical (unpaired) electrons. The molecule has 22 heavy (non-hydrogen) atoms. The van der Waals surface area contributed by atoms with E-state index in [0.29, 0.717) is 11.3 Å². The molecule has 3 heterocycles. The Morgan fingerprint density at radius 2 is 1.55 bits per heavy atom. The number of nitrogens with zero attached hydrogens (tertiary/aromatic N) is 3. The highest BCUT2D eigenvalue weighted by molar-refractivity contribution is 5.81. The minimum absolute atomic E-state index is 0.0393. The second kappa shape index (κ2) is 6.85. The number of amides is 1. The average Bonchev–Trinajstić information content (AvgIpc) is 2.56. The van der Waals surface area contributed by atoms with Crippen LogP contribution in [0, 0.1) is 5.41 Å². The fourth-order valence-corrected chi connectivity index (χ4v) is 4.14. The molecule has 126 valence electrons. The maximum Gasteiger partial charge on any atom is 0.239 e. The van der Waals surface area contributed by atoms with Gasteiger partial charge in [-0.2, -0.15) is 0 Å². The predicted molar refractivity (Wildman–Crippen MR) is 86.8 cm³/mol. The van der Waals surface area contributed by atoms with Gasteiger partial charge in [0.2, 0.25) is 5.91 Å². The number of piperidine rings is 1. The van der Waals surface area contributed by atoms with E-state index in [0.717, 1.165) is 65.3 Å². The molecule has 5 nitrogen and oxygen atoms in total. The van der Waals surface area contributed by atoms with Crippen LogP contribution in [0.4, 0.5) is 0 Å². The number of likely N-dealkylation sites (N-methyl/N-ethyl adjacent to an activating group) is 1. The lowest BCUT2D eigenvalue weighted by Gasteiger charge is -2.45. The first-order chi connectivity index (χ1) is 10.6. The van der Waals surface area contributed by atoms with Gasteiger partial charge in [-0.1, -0.05) is 0 Å². The maximum absolute atomic E-state index is 12.8. The first kappa shape index (κ1) is 16.2. The standard InChI is InChI=1S/C17H31N3O2/c1-15(19-11-9-18(2)10-12-19)16(21)20-7-3-17(4-8-20)5-13-22-14-6-17/h15H,3-14H2,1-2H3. The van der Waals surface area contributed by atoms with Crippen LogP contribution in [0.5, 0.6) is 0 Å². The largest absolute Gasteiger partial charge is 0.381 e. The van der Waals surface area contributed by atoms with Gasteiger partial charge in [-0.15, -0.1) is 0 Å². The van der Waals surface area contributed by atoms with Gasteiger partial charge in [0.1, 0.15) is 0 Å². The van der Waals surface area contributed by atoms with E-state index >= 15 is 0 Å². The van der Waals surface area contributed by atoms with Crippen LogP contribution in [0.15, 0.2) is 0 Å². The van der Waals surface area contributed by atoms with E-state index in [-0.39, 0.29) is 6.04 Å². The maximum atomic E-state index is 12.8. The molecule has 0 aromatic rings. The summed E-state index contributed by atoms with van der Waals surface area (Å²) in [6.07, 6.45) is 4.70. The van der Waals surface area contributed by atoms with E-state index in [1.54, 1.807) is 0 Å². The molecule has 3 aliphatic heterocycles. The minimum Gasteiger partial charge on any atom is -0.381 e. The van der Waals surface area contributed by atoms with Crippen molar-refractivity contribution < 1.29 is 9.53 Å². The summed E-state index contributed by atoms with van der Waals surface area (Å²) in [7, 11) is 2.15. The van der Waals surface area contributed by atoms with Crippen LogP contribution in [0.25, 0.3) is 0 Å². The van der Waals surface area contributed by atoms with Crippen LogP contribution in [-0.4, -0.2) is 86.2 Å². The first-order valence-corrected chi connectivity index (χ1v) is 8.89. The van der Waals surface area contributed by atoms with E-state index < -0.39 is 0 Å². The smallest absolute Gasteiger partial charge is 0.239 e. The van der Waals surface area contributed by atoms with Crippen molar-refractivity contribution in [1.29, 1.82) is 0 Å². The van der Waals surface area contributed by atoms with Gasteiger partial charge < -0.3 is 14.5 Å². The van der Waals surface area contributed by atoms with Gasteiger partial charge in [0.25, 0.3) is 0 Å². The third-order valence-electron chi connectivity index (χ3n) is 6.13. The van der Waals surface area contributed by atoms with Crippen molar-refractivity contribution in [3.05, 3.63) is 0 Å². The van der Waals surface area contributed by atoms with Crippen LogP contribution in [0.3, 0.4) is 0 Å². The number of hydrogen-bond acceptors (Lipinski definition) is 4. The molecule has 0 bridgehead atoms. The summed E-state index contributed by atoms with van der Waals surface area (Å²) >= 11 is 0.